The van der Waals surface area contributed by atoms with Gasteiger partial charge in [0, 0.05) is 32.5 Å². The third-order valence-corrected chi connectivity index (χ3v) is 4.20. The van der Waals surface area contributed by atoms with Crippen molar-refractivity contribution in [1.29, 1.82) is 0 Å². The molecule has 0 spiro atoms. The molecule has 0 aromatic carbocycles. The highest BCUT2D eigenvalue weighted by Crippen LogP contribution is 2.60. The molecule has 186 valence electrons. The van der Waals surface area contributed by atoms with Gasteiger partial charge in [-0.1, -0.05) is 0 Å². The summed E-state index contributed by atoms with van der Waals surface area (Å²) < 4.78 is 169. The topological polar surface area (TPSA) is 23.6 Å². The van der Waals surface area contributed by atoms with Gasteiger partial charge in [-0.2, -0.15) is 57.1 Å². The van der Waals surface area contributed by atoms with Crippen molar-refractivity contribution < 1.29 is 61.9 Å². The summed E-state index contributed by atoms with van der Waals surface area (Å²) in [6.45, 7) is 1.26. The predicted octanol–water partition coefficient (Wildman–Crippen LogP) is 4.92. The quantitative estimate of drug-likeness (QED) is 0.384. The highest BCUT2D eigenvalue weighted by Gasteiger charge is 2.90. The van der Waals surface area contributed by atoms with Crippen molar-refractivity contribution in [3.63, 3.8) is 0 Å². The van der Waals surface area contributed by atoms with Crippen LogP contribution in [0, 0.1) is 0 Å². The minimum absolute atomic E-state index is 0.115. The molecule has 0 unspecified atom stereocenters. The number of amides is 1. The van der Waals surface area contributed by atoms with Crippen LogP contribution in [-0.2, 0) is 4.79 Å². The molecule has 0 aliphatic carbocycles. The molecule has 0 fully saturated rings. The Morgan fingerprint density at radius 2 is 1.10 bits per heavy atom. The first-order valence-electron chi connectivity index (χ1n) is 8.39. The number of likely N-dealkylation sites (N-methyl/N-ethyl adjacent to an activating group) is 2. The summed E-state index contributed by atoms with van der Waals surface area (Å²) >= 11 is 0. The second-order valence-corrected chi connectivity index (χ2v) is 6.78. The highest BCUT2D eigenvalue weighted by molar-refractivity contribution is 5.76. The summed E-state index contributed by atoms with van der Waals surface area (Å²) in [5.41, 5.74) is 0. The minimum atomic E-state index is -7.93. The lowest BCUT2D eigenvalue weighted by molar-refractivity contribution is -0.440. The van der Waals surface area contributed by atoms with Crippen LogP contribution in [0.15, 0.2) is 0 Å². The van der Waals surface area contributed by atoms with Crippen LogP contribution in [0.3, 0.4) is 0 Å². The maximum Gasteiger partial charge on any atom is 0.460 e. The van der Waals surface area contributed by atoms with Crippen molar-refractivity contribution in [3.05, 3.63) is 0 Å². The number of halogens is 13. The molecule has 16 heteroatoms. The number of hydrogen-bond donors (Lipinski definition) is 0. The normalized spacial score (nSPS) is 14.9. The molecule has 0 radical (unpaired) electrons. The van der Waals surface area contributed by atoms with E-state index in [-0.39, 0.29) is 19.6 Å². The molecule has 0 atom stereocenters. The molecular weight excluding hydrogens is 471 g/mol. The van der Waals surface area contributed by atoms with Crippen molar-refractivity contribution in [1.82, 2.24) is 9.80 Å². The van der Waals surface area contributed by atoms with Crippen LogP contribution in [0.5, 0.6) is 0 Å². The molecule has 3 nitrogen and oxygen atoms in total. The molecule has 31 heavy (non-hydrogen) atoms. The smallest absolute Gasteiger partial charge is 0.342 e. The number of hydrogen-bond acceptors (Lipinski definition) is 2. The third-order valence-electron chi connectivity index (χ3n) is 4.20. The van der Waals surface area contributed by atoms with E-state index in [9.17, 15) is 61.9 Å². The summed E-state index contributed by atoms with van der Waals surface area (Å²) in [4.78, 5) is 14.2. The second-order valence-electron chi connectivity index (χ2n) is 6.78. The maximum atomic E-state index is 13.7. The SMILES string of the molecule is CCN(CCN(C)C)C(=O)CCC(F)(F)C(F)(F)C(F)(F)C(F)(F)C(F)(F)C(F)(F)F. The Labute approximate surface area is 168 Å². The fourth-order valence-corrected chi connectivity index (χ4v) is 2.16. The van der Waals surface area contributed by atoms with Crippen molar-refractivity contribution >= 4 is 5.91 Å². The standard InChI is InChI=1S/C15H19F13N2O/c1-4-30(8-7-29(2)3)9(31)5-6-10(16,17)11(18,19)12(20,21)13(22,23)14(24,25)15(26,27)28/h4-8H2,1-3H3. The summed E-state index contributed by atoms with van der Waals surface area (Å²) in [5, 5.41) is 0. The summed E-state index contributed by atoms with van der Waals surface area (Å²) in [5.74, 6) is -38.4. The zero-order valence-corrected chi connectivity index (χ0v) is 16.3. The Kier molecular flexibility index (Phi) is 8.74. The van der Waals surface area contributed by atoms with Gasteiger partial charge < -0.3 is 9.80 Å². The van der Waals surface area contributed by atoms with E-state index < -0.39 is 54.5 Å². The van der Waals surface area contributed by atoms with E-state index in [1.807, 2.05) is 0 Å². The molecule has 1 amide bonds. The van der Waals surface area contributed by atoms with E-state index in [4.69, 9.17) is 0 Å². The lowest BCUT2D eigenvalue weighted by Crippen LogP contribution is -2.70. The lowest BCUT2D eigenvalue weighted by Gasteiger charge is -2.39. The summed E-state index contributed by atoms with van der Waals surface area (Å²) in [6.07, 6.45) is -11.6. The number of carbonyl (C=O) groups excluding carboxylic acids is 1. The molecule has 0 aliphatic rings. The van der Waals surface area contributed by atoms with Gasteiger partial charge in [0.1, 0.15) is 0 Å². The average molecular weight is 490 g/mol. The predicted molar refractivity (Wildman–Crippen MR) is 80.8 cm³/mol. The van der Waals surface area contributed by atoms with Crippen LogP contribution in [0.2, 0.25) is 0 Å². The first-order chi connectivity index (χ1) is 13.5. The average Bonchev–Trinajstić information content (AvgIpc) is 2.58. The van der Waals surface area contributed by atoms with Gasteiger partial charge in [0.05, 0.1) is 0 Å². The van der Waals surface area contributed by atoms with Crippen LogP contribution in [0.1, 0.15) is 19.8 Å². The highest BCUT2D eigenvalue weighted by atomic mass is 19.4. The van der Waals surface area contributed by atoms with E-state index >= 15 is 0 Å². The number of nitrogens with zero attached hydrogens (tertiary/aromatic N) is 2. The van der Waals surface area contributed by atoms with Crippen LogP contribution >= 0.6 is 0 Å². The zero-order valence-electron chi connectivity index (χ0n) is 16.3. The molecule has 0 heterocycles. The van der Waals surface area contributed by atoms with Crippen molar-refractivity contribution in [3.8, 4) is 0 Å². The molecule has 0 aromatic heterocycles. The van der Waals surface area contributed by atoms with Crippen LogP contribution < -0.4 is 0 Å². The fourth-order valence-electron chi connectivity index (χ4n) is 2.16. The van der Waals surface area contributed by atoms with Crippen LogP contribution in [0.25, 0.3) is 0 Å². The fraction of sp³-hybridized carbons (Fsp3) is 0.933. The number of carbonyl (C=O) groups is 1. The number of rotatable bonds is 11. The maximum absolute atomic E-state index is 13.7. The van der Waals surface area contributed by atoms with Crippen molar-refractivity contribution in [2.24, 2.45) is 0 Å². The Hall–Kier alpha value is -1.48. The molecular formula is C15H19F13N2O. The van der Waals surface area contributed by atoms with Gasteiger partial charge in [0.25, 0.3) is 0 Å². The van der Waals surface area contributed by atoms with Gasteiger partial charge in [-0.05, 0) is 21.0 Å². The minimum Gasteiger partial charge on any atom is -0.342 e. The molecule has 0 aliphatic heterocycles. The largest absolute Gasteiger partial charge is 0.460 e. The first kappa shape index (κ1) is 29.5. The zero-order chi connectivity index (χ0) is 25.3. The molecule has 0 saturated heterocycles. The van der Waals surface area contributed by atoms with E-state index in [0.717, 1.165) is 4.90 Å². The molecule has 0 N–H and O–H groups in total. The van der Waals surface area contributed by atoms with E-state index in [0.29, 0.717) is 0 Å². The second kappa shape index (κ2) is 9.17. The Balaban J connectivity index is 5.75. The molecule has 0 aromatic rings. The van der Waals surface area contributed by atoms with Gasteiger partial charge in [-0.25, -0.2) is 0 Å². The van der Waals surface area contributed by atoms with Crippen LogP contribution in [0.4, 0.5) is 57.1 Å². The molecule has 0 saturated carbocycles. The van der Waals surface area contributed by atoms with Gasteiger partial charge in [0.15, 0.2) is 0 Å². The van der Waals surface area contributed by atoms with Gasteiger partial charge >= 0.3 is 35.8 Å². The van der Waals surface area contributed by atoms with E-state index in [1.54, 1.807) is 14.1 Å². The first-order valence-corrected chi connectivity index (χ1v) is 8.39. The van der Waals surface area contributed by atoms with Gasteiger partial charge in [-0.15, -0.1) is 0 Å². The van der Waals surface area contributed by atoms with Gasteiger partial charge in [0.2, 0.25) is 5.91 Å². The van der Waals surface area contributed by atoms with Crippen molar-refractivity contribution in [2.75, 3.05) is 33.7 Å². The number of alkyl halides is 13. The Morgan fingerprint density at radius 1 is 0.677 bits per heavy atom. The molecule has 0 rings (SSSR count). The summed E-state index contributed by atoms with van der Waals surface area (Å²) in [6, 6.07) is 0. The van der Waals surface area contributed by atoms with E-state index in [1.165, 1.54) is 11.8 Å². The van der Waals surface area contributed by atoms with Crippen LogP contribution in [-0.4, -0.2) is 85.2 Å². The Morgan fingerprint density at radius 3 is 1.45 bits per heavy atom. The Bertz CT molecular complexity index is 617. The third kappa shape index (κ3) is 5.48. The van der Waals surface area contributed by atoms with Gasteiger partial charge in [-0.3, -0.25) is 4.79 Å². The lowest BCUT2D eigenvalue weighted by atomic mass is 9.92. The molecule has 0 bridgehead atoms. The summed E-state index contributed by atoms with van der Waals surface area (Å²) in [7, 11) is 3.10. The van der Waals surface area contributed by atoms with Crippen molar-refractivity contribution in [2.45, 2.75) is 55.6 Å². The monoisotopic (exact) mass is 490 g/mol. The van der Waals surface area contributed by atoms with E-state index in [2.05, 4.69) is 0 Å².